The van der Waals surface area contributed by atoms with Crippen LogP contribution >= 0.6 is 0 Å². The first-order valence-electron chi connectivity index (χ1n) is 9.26. The molecule has 0 N–H and O–H groups in total. The van der Waals surface area contributed by atoms with Crippen LogP contribution in [0.15, 0.2) is 0 Å². The normalized spacial score (nSPS) is 30.5. The maximum absolute atomic E-state index is 5.86. The van der Waals surface area contributed by atoms with Crippen LogP contribution in [0.2, 0.25) is 12.1 Å². The van der Waals surface area contributed by atoms with Crippen molar-refractivity contribution in [2.45, 2.75) is 102 Å². The van der Waals surface area contributed by atoms with Crippen LogP contribution in [0.3, 0.4) is 0 Å². The molecule has 3 rings (SSSR count). The zero-order chi connectivity index (χ0) is 16.2. The Labute approximate surface area is 139 Å². The third-order valence-electron chi connectivity index (χ3n) is 5.34. The van der Waals surface area contributed by atoms with Crippen molar-refractivity contribution in [2.24, 2.45) is 0 Å². The van der Waals surface area contributed by atoms with Crippen LogP contribution in [-0.4, -0.2) is 20.1 Å². The highest BCUT2D eigenvalue weighted by molar-refractivity contribution is 6.66. The summed E-state index contributed by atoms with van der Waals surface area (Å²) in [5.74, 6) is -1.63. The smallest absolute Gasteiger partial charge is 0.245 e. The van der Waals surface area contributed by atoms with Gasteiger partial charge < -0.3 is 0 Å². The Morgan fingerprint density at radius 2 is 1.00 bits per heavy atom. The second kappa shape index (κ2) is 7.47. The Morgan fingerprint density at radius 3 is 1.35 bits per heavy atom. The van der Waals surface area contributed by atoms with Gasteiger partial charge in [-0.15, -0.1) is 0 Å². The Kier molecular flexibility index (Phi) is 5.78. The fraction of sp³-hybridized carbons (Fsp3) is 1.00. The molecule has 2 spiro atoms. The van der Waals surface area contributed by atoms with Crippen LogP contribution in [0.4, 0.5) is 0 Å². The third-order valence-corrected chi connectivity index (χ3v) is 8.27. The summed E-state index contributed by atoms with van der Waals surface area (Å²) in [6.45, 7) is 4.12. The second-order valence-corrected chi connectivity index (χ2v) is 10.6. The van der Waals surface area contributed by atoms with E-state index >= 15 is 0 Å². The minimum absolute atomic E-state index is 0.760. The van der Waals surface area contributed by atoms with E-state index in [0.29, 0.717) is 0 Å². The Balaban J connectivity index is 1.82. The molecule has 0 unspecified atom stereocenters. The van der Waals surface area contributed by atoms with Crippen molar-refractivity contribution < 1.29 is 28.7 Å². The zero-order valence-corrected chi connectivity index (χ0v) is 15.4. The molecule has 0 aromatic rings. The topological polar surface area (TPSA) is 55.4 Å². The first-order chi connectivity index (χ1) is 11.2. The minimum Gasteiger partial charge on any atom is -0.245 e. The van der Waals surface area contributed by atoms with Gasteiger partial charge in [-0.1, -0.05) is 26.7 Å². The van der Waals surface area contributed by atoms with Gasteiger partial charge in [0.05, 0.1) is 0 Å². The summed E-state index contributed by atoms with van der Waals surface area (Å²) < 4.78 is 11.7. The monoisotopic (exact) mass is 346 g/mol. The molecule has 1 saturated heterocycles. The van der Waals surface area contributed by atoms with E-state index < -0.39 is 20.1 Å². The van der Waals surface area contributed by atoms with Crippen molar-refractivity contribution >= 4 is 8.56 Å². The van der Waals surface area contributed by atoms with Crippen LogP contribution in [0.1, 0.15) is 78.1 Å². The fourth-order valence-corrected chi connectivity index (χ4v) is 5.10. The average molecular weight is 346 g/mol. The van der Waals surface area contributed by atoms with E-state index in [1.165, 1.54) is 12.8 Å². The lowest BCUT2D eigenvalue weighted by atomic mass is 9.94. The van der Waals surface area contributed by atoms with Crippen molar-refractivity contribution in [3.63, 3.8) is 0 Å². The standard InChI is InChI=1S/C16H30O6Si/c1-3-23(4-2)21-19-15(11-7-5-8-12-15)17-18-16(20-22-23)13-9-6-10-14-16/h3-14H2,1-2H3. The summed E-state index contributed by atoms with van der Waals surface area (Å²) in [4.78, 5) is 23.3. The van der Waals surface area contributed by atoms with Crippen molar-refractivity contribution in [3.8, 4) is 0 Å². The van der Waals surface area contributed by atoms with Gasteiger partial charge >= 0.3 is 8.56 Å². The van der Waals surface area contributed by atoms with E-state index in [2.05, 4.69) is 13.8 Å². The molecule has 0 amide bonds. The molecule has 0 aromatic carbocycles. The maximum Gasteiger partial charge on any atom is 0.409 e. The Hall–Kier alpha value is -0.0231. The zero-order valence-electron chi connectivity index (χ0n) is 14.4. The third kappa shape index (κ3) is 3.97. The Bertz CT molecular complexity index is 343. The van der Waals surface area contributed by atoms with Gasteiger partial charge in [0.1, 0.15) is 0 Å². The first kappa shape index (κ1) is 17.8. The molecule has 23 heavy (non-hydrogen) atoms. The highest BCUT2D eigenvalue weighted by Gasteiger charge is 2.50. The quantitative estimate of drug-likeness (QED) is 0.536. The van der Waals surface area contributed by atoms with Gasteiger partial charge in [-0.3, -0.25) is 0 Å². The largest absolute Gasteiger partial charge is 0.409 e. The summed E-state index contributed by atoms with van der Waals surface area (Å²) in [5, 5.41) is 0. The van der Waals surface area contributed by atoms with Crippen LogP contribution in [0.5, 0.6) is 0 Å². The molecule has 1 heterocycles. The molecule has 2 aliphatic carbocycles. The van der Waals surface area contributed by atoms with E-state index in [0.717, 1.165) is 63.5 Å². The van der Waals surface area contributed by atoms with Gasteiger partial charge in [0, 0.05) is 25.7 Å². The summed E-state index contributed by atoms with van der Waals surface area (Å²) in [5.41, 5.74) is 0. The predicted octanol–water partition coefficient (Wildman–Crippen LogP) is 4.65. The number of rotatable bonds is 2. The van der Waals surface area contributed by atoms with Gasteiger partial charge in [0.25, 0.3) is 0 Å². The van der Waals surface area contributed by atoms with Crippen LogP contribution < -0.4 is 0 Å². The van der Waals surface area contributed by atoms with E-state index in [1.807, 2.05) is 0 Å². The van der Waals surface area contributed by atoms with Gasteiger partial charge in [-0.25, -0.2) is 18.9 Å². The highest BCUT2D eigenvalue weighted by Crippen LogP contribution is 2.41. The van der Waals surface area contributed by atoms with Crippen molar-refractivity contribution in [2.75, 3.05) is 0 Å². The average Bonchev–Trinajstić information content (AvgIpc) is 2.68. The van der Waals surface area contributed by atoms with E-state index in [-0.39, 0.29) is 0 Å². The molecule has 3 aliphatic rings. The molecule has 6 nitrogen and oxygen atoms in total. The van der Waals surface area contributed by atoms with Gasteiger partial charge in [-0.05, 0) is 37.8 Å². The fourth-order valence-electron chi connectivity index (χ4n) is 3.50. The molecule has 0 radical (unpaired) electrons. The lowest BCUT2D eigenvalue weighted by molar-refractivity contribution is -0.555. The molecular weight excluding hydrogens is 316 g/mol. The molecule has 2 saturated carbocycles. The molecule has 0 bridgehead atoms. The first-order valence-corrected chi connectivity index (χ1v) is 11.5. The summed E-state index contributed by atoms with van der Waals surface area (Å²) in [6, 6.07) is 1.52. The molecule has 0 atom stereocenters. The molecule has 0 aromatic heterocycles. The molecular formula is C16H30O6Si. The van der Waals surface area contributed by atoms with Crippen LogP contribution in [-0.2, 0) is 28.7 Å². The molecule has 134 valence electrons. The summed E-state index contributed by atoms with van der Waals surface area (Å²) >= 11 is 0. The predicted molar refractivity (Wildman–Crippen MR) is 84.9 cm³/mol. The molecule has 1 aliphatic heterocycles. The number of hydrogen-bond donors (Lipinski definition) is 0. The lowest BCUT2D eigenvalue weighted by Gasteiger charge is -2.38. The van der Waals surface area contributed by atoms with Crippen molar-refractivity contribution in [1.29, 1.82) is 0 Å². The number of hydrogen-bond acceptors (Lipinski definition) is 6. The maximum atomic E-state index is 5.86. The Morgan fingerprint density at radius 1 is 0.609 bits per heavy atom. The van der Waals surface area contributed by atoms with Crippen LogP contribution in [0, 0.1) is 0 Å². The summed E-state index contributed by atoms with van der Waals surface area (Å²) in [6.07, 6.45) is 9.70. The molecule has 7 heteroatoms. The van der Waals surface area contributed by atoms with E-state index in [9.17, 15) is 0 Å². The van der Waals surface area contributed by atoms with E-state index in [4.69, 9.17) is 28.7 Å². The summed E-state index contributed by atoms with van der Waals surface area (Å²) in [7, 11) is -2.57. The SMILES string of the molecule is CC[Si]1(CC)OOC2(CCCCC2)OOC2(CCCCC2)OO1. The van der Waals surface area contributed by atoms with Crippen molar-refractivity contribution in [1.82, 2.24) is 0 Å². The molecule has 3 fully saturated rings. The lowest BCUT2D eigenvalue weighted by Crippen LogP contribution is -2.46. The highest BCUT2D eigenvalue weighted by atomic mass is 28.4. The van der Waals surface area contributed by atoms with E-state index in [1.54, 1.807) is 0 Å². The van der Waals surface area contributed by atoms with Gasteiger partial charge in [0.2, 0.25) is 11.6 Å². The van der Waals surface area contributed by atoms with Crippen LogP contribution in [0.25, 0.3) is 0 Å². The second-order valence-electron chi connectivity index (χ2n) is 7.06. The van der Waals surface area contributed by atoms with Gasteiger partial charge in [0.15, 0.2) is 0 Å². The van der Waals surface area contributed by atoms with Crippen molar-refractivity contribution in [3.05, 3.63) is 0 Å². The van der Waals surface area contributed by atoms with Gasteiger partial charge in [-0.2, -0.15) is 9.78 Å². The minimum atomic E-state index is -2.57.